The van der Waals surface area contributed by atoms with Gasteiger partial charge in [-0.05, 0) is 83.5 Å². The third-order valence-electron chi connectivity index (χ3n) is 16.6. The van der Waals surface area contributed by atoms with Crippen LogP contribution >= 0.6 is 0 Å². The molecule has 0 radical (unpaired) electrons. The highest BCUT2D eigenvalue weighted by Gasteiger charge is 2.19. The molecule has 0 heterocycles. The first-order valence-electron chi connectivity index (χ1n) is 36.6. The fourth-order valence-electron chi connectivity index (χ4n) is 11.0. The monoisotopic (exact) mass is 1150 g/mol. The van der Waals surface area contributed by atoms with Crippen LogP contribution in [0.15, 0.2) is 48.6 Å². The maximum absolute atomic E-state index is 13.0. The van der Waals surface area contributed by atoms with Crippen LogP contribution in [0.2, 0.25) is 0 Å². The molecule has 82 heavy (non-hydrogen) atoms. The third kappa shape index (κ3) is 68.2. The summed E-state index contributed by atoms with van der Waals surface area (Å²) >= 11 is 0. The molecule has 0 aromatic carbocycles. The van der Waals surface area contributed by atoms with Gasteiger partial charge in [0.15, 0.2) is 6.10 Å². The Labute approximate surface area is 511 Å². The summed E-state index contributed by atoms with van der Waals surface area (Å²) in [6.45, 7) is 6.67. The highest BCUT2D eigenvalue weighted by molar-refractivity contribution is 5.71. The van der Waals surface area contributed by atoms with Gasteiger partial charge in [0.25, 0.3) is 0 Å². The second-order valence-electron chi connectivity index (χ2n) is 24.9. The minimum Gasteiger partial charge on any atom is -0.462 e. The van der Waals surface area contributed by atoms with Gasteiger partial charge in [0.05, 0.1) is 0 Å². The second-order valence-corrected chi connectivity index (χ2v) is 24.9. The van der Waals surface area contributed by atoms with Crippen LogP contribution < -0.4 is 0 Å². The molecule has 0 saturated carbocycles. The van der Waals surface area contributed by atoms with Crippen molar-refractivity contribution in [2.45, 2.75) is 406 Å². The summed E-state index contributed by atoms with van der Waals surface area (Å²) < 4.78 is 17.0. The predicted octanol–water partition coefficient (Wildman–Crippen LogP) is 25.3. The van der Waals surface area contributed by atoms with Crippen molar-refractivity contribution < 1.29 is 28.6 Å². The molecule has 0 N–H and O–H groups in total. The molecule has 6 nitrogen and oxygen atoms in total. The molecule has 0 aliphatic rings. The van der Waals surface area contributed by atoms with Crippen molar-refractivity contribution in [2.24, 2.45) is 0 Å². The Hall–Kier alpha value is -2.63. The minimum atomic E-state index is -0.776. The van der Waals surface area contributed by atoms with E-state index in [-0.39, 0.29) is 31.1 Å². The summed E-state index contributed by atoms with van der Waals surface area (Å²) in [5.41, 5.74) is 0. The SMILES string of the molecule is CCCCC/C=C\CCCCCCCC(=O)OCC(COC(=O)CCCCCCCCCCCCCC/C=C\C/C=C\C/C=C\CCCCCCC)OC(=O)CCCCCCCCCCCCCCCCCCCCCCCCCCC. The molecule has 0 bridgehead atoms. The number of ether oxygens (including phenoxy) is 3. The van der Waals surface area contributed by atoms with Crippen LogP contribution in [-0.2, 0) is 28.6 Å². The summed E-state index contributed by atoms with van der Waals surface area (Å²) in [6, 6.07) is 0. The quantitative estimate of drug-likeness (QED) is 0.0261. The van der Waals surface area contributed by atoms with Crippen LogP contribution in [0.5, 0.6) is 0 Å². The van der Waals surface area contributed by atoms with Crippen LogP contribution in [0, 0.1) is 0 Å². The van der Waals surface area contributed by atoms with Crippen molar-refractivity contribution in [1.29, 1.82) is 0 Å². The topological polar surface area (TPSA) is 78.9 Å². The van der Waals surface area contributed by atoms with Gasteiger partial charge >= 0.3 is 17.9 Å². The number of carbonyl (C=O) groups excluding carboxylic acids is 3. The van der Waals surface area contributed by atoms with Gasteiger partial charge in [0.1, 0.15) is 13.2 Å². The lowest BCUT2D eigenvalue weighted by atomic mass is 10.0. The van der Waals surface area contributed by atoms with Gasteiger partial charge in [-0.2, -0.15) is 0 Å². The van der Waals surface area contributed by atoms with Gasteiger partial charge in [-0.25, -0.2) is 0 Å². The molecular weight excluding hydrogens is 1010 g/mol. The summed E-state index contributed by atoms with van der Waals surface area (Å²) in [4.78, 5) is 38.4. The Kier molecular flexibility index (Phi) is 68.6. The van der Waals surface area contributed by atoms with Crippen LogP contribution in [0.4, 0.5) is 0 Å². The molecule has 1 unspecified atom stereocenters. The van der Waals surface area contributed by atoms with E-state index < -0.39 is 6.10 Å². The molecule has 0 aromatic heterocycles. The Morgan fingerprint density at radius 1 is 0.244 bits per heavy atom. The largest absolute Gasteiger partial charge is 0.462 e. The van der Waals surface area contributed by atoms with E-state index in [2.05, 4.69) is 69.4 Å². The molecule has 6 heteroatoms. The zero-order chi connectivity index (χ0) is 59.2. The van der Waals surface area contributed by atoms with Gasteiger partial charge in [-0.1, -0.05) is 345 Å². The molecular formula is C76H140O6. The molecule has 0 aliphatic carbocycles. The molecule has 0 aliphatic heterocycles. The van der Waals surface area contributed by atoms with Gasteiger partial charge in [0.2, 0.25) is 0 Å². The van der Waals surface area contributed by atoms with Crippen molar-refractivity contribution in [3.63, 3.8) is 0 Å². The maximum atomic E-state index is 13.0. The molecule has 480 valence electrons. The average molecular weight is 1150 g/mol. The first-order valence-corrected chi connectivity index (χ1v) is 36.6. The first kappa shape index (κ1) is 79.4. The van der Waals surface area contributed by atoms with E-state index in [9.17, 15) is 14.4 Å². The number of esters is 3. The van der Waals surface area contributed by atoms with Gasteiger partial charge in [-0.15, -0.1) is 0 Å². The smallest absolute Gasteiger partial charge is 0.306 e. The number of allylic oxidation sites excluding steroid dienone is 8. The van der Waals surface area contributed by atoms with E-state index in [4.69, 9.17) is 14.2 Å². The Bertz CT molecular complexity index is 1410. The zero-order valence-electron chi connectivity index (χ0n) is 55.3. The molecule has 0 rings (SSSR count). The summed E-state index contributed by atoms with van der Waals surface area (Å²) in [5.74, 6) is -0.856. The minimum absolute atomic E-state index is 0.0724. The molecule has 0 saturated heterocycles. The molecule has 0 spiro atoms. The molecule has 0 aromatic rings. The van der Waals surface area contributed by atoms with Crippen molar-refractivity contribution in [3.8, 4) is 0 Å². The molecule has 1 atom stereocenters. The van der Waals surface area contributed by atoms with Crippen molar-refractivity contribution in [3.05, 3.63) is 48.6 Å². The number of unbranched alkanes of at least 4 members (excludes halogenated alkanes) is 49. The van der Waals surface area contributed by atoms with E-state index >= 15 is 0 Å². The average Bonchev–Trinajstić information content (AvgIpc) is 3.48. The number of rotatable bonds is 68. The number of hydrogen-bond donors (Lipinski definition) is 0. The summed E-state index contributed by atoms with van der Waals surface area (Å²) in [5, 5.41) is 0. The van der Waals surface area contributed by atoms with E-state index in [1.54, 1.807) is 0 Å². The lowest BCUT2D eigenvalue weighted by Crippen LogP contribution is -2.30. The van der Waals surface area contributed by atoms with Crippen LogP contribution in [0.3, 0.4) is 0 Å². The van der Waals surface area contributed by atoms with Gasteiger partial charge < -0.3 is 14.2 Å². The molecule has 0 amide bonds. The van der Waals surface area contributed by atoms with Crippen LogP contribution in [0.1, 0.15) is 400 Å². The highest BCUT2D eigenvalue weighted by Crippen LogP contribution is 2.19. The fourth-order valence-corrected chi connectivity index (χ4v) is 11.0. The highest BCUT2D eigenvalue weighted by atomic mass is 16.6. The standard InChI is InChI=1S/C76H140O6/c1-4-7-10-13-16-19-22-25-27-29-31-33-35-37-38-40-41-43-45-47-49-51-54-57-60-63-66-69-75(78)81-72-73(71-80-74(77)68-65-62-59-56-53-24-21-18-15-12-9-6-3)82-76(79)70-67-64-61-58-55-52-50-48-46-44-42-39-36-34-32-30-28-26-23-20-17-14-11-8-5-2/h18,21-22,25,29,31,35,37,73H,4-17,19-20,23-24,26-28,30,32-34,36,38-72H2,1-3H3/b21-18-,25-22-,31-29-,37-35-. The van der Waals surface area contributed by atoms with Crippen LogP contribution in [0.25, 0.3) is 0 Å². The lowest BCUT2D eigenvalue weighted by molar-refractivity contribution is -0.167. The number of carbonyl (C=O) groups is 3. The van der Waals surface area contributed by atoms with Crippen molar-refractivity contribution >= 4 is 17.9 Å². The molecule has 0 fully saturated rings. The van der Waals surface area contributed by atoms with Gasteiger partial charge in [0, 0.05) is 19.3 Å². The van der Waals surface area contributed by atoms with Crippen LogP contribution in [-0.4, -0.2) is 37.2 Å². The summed E-state index contributed by atoms with van der Waals surface area (Å²) in [6.07, 6.45) is 90.1. The van der Waals surface area contributed by atoms with E-state index in [1.807, 2.05) is 0 Å². The number of hydrogen-bond acceptors (Lipinski definition) is 6. The third-order valence-corrected chi connectivity index (χ3v) is 16.6. The predicted molar refractivity (Wildman–Crippen MR) is 358 cm³/mol. The Balaban J connectivity index is 4.20. The van der Waals surface area contributed by atoms with Crippen molar-refractivity contribution in [2.75, 3.05) is 13.2 Å². The van der Waals surface area contributed by atoms with Gasteiger partial charge in [-0.3, -0.25) is 14.4 Å². The zero-order valence-corrected chi connectivity index (χ0v) is 55.3. The summed E-state index contributed by atoms with van der Waals surface area (Å²) in [7, 11) is 0. The van der Waals surface area contributed by atoms with E-state index in [0.29, 0.717) is 19.3 Å². The first-order chi connectivity index (χ1) is 40.5. The maximum Gasteiger partial charge on any atom is 0.306 e. The Morgan fingerprint density at radius 3 is 0.720 bits per heavy atom. The normalized spacial score (nSPS) is 12.3. The Morgan fingerprint density at radius 2 is 0.439 bits per heavy atom. The fraction of sp³-hybridized carbons (Fsp3) is 0.855. The van der Waals surface area contributed by atoms with Crippen molar-refractivity contribution in [1.82, 2.24) is 0 Å². The lowest BCUT2D eigenvalue weighted by Gasteiger charge is -2.18. The second kappa shape index (κ2) is 70.9. The van der Waals surface area contributed by atoms with E-state index in [0.717, 1.165) is 77.0 Å². The van der Waals surface area contributed by atoms with E-state index in [1.165, 1.54) is 283 Å².